The van der Waals surface area contributed by atoms with Gasteiger partial charge in [0, 0.05) is 17.8 Å². The van der Waals surface area contributed by atoms with Crippen molar-refractivity contribution in [3.63, 3.8) is 0 Å². The van der Waals surface area contributed by atoms with E-state index in [1.54, 1.807) is 0 Å². The highest BCUT2D eigenvalue weighted by Gasteiger charge is 2.12. The summed E-state index contributed by atoms with van der Waals surface area (Å²) in [6.45, 7) is -0.164. The van der Waals surface area contributed by atoms with E-state index in [0.29, 0.717) is 0 Å². The summed E-state index contributed by atoms with van der Waals surface area (Å²) in [7, 11) is 0. The van der Waals surface area contributed by atoms with Crippen molar-refractivity contribution in [2.75, 3.05) is 11.1 Å². The van der Waals surface area contributed by atoms with Gasteiger partial charge in [0.2, 0.25) is 0 Å². The molecule has 0 aliphatic carbocycles. The molecule has 2 aromatic carbocycles. The molecule has 0 saturated carbocycles. The average molecular weight is 295 g/mol. The molecule has 0 radical (unpaired) electrons. The predicted octanol–water partition coefficient (Wildman–Crippen LogP) is 2.40. The minimum Gasteiger partial charge on any atom is -0.398 e. The van der Waals surface area contributed by atoms with Gasteiger partial charge in [-0.2, -0.15) is 0 Å². The fourth-order valence-electron chi connectivity index (χ4n) is 1.81. The molecule has 7 heteroatoms. The van der Waals surface area contributed by atoms with Crippen LogP contribution in [0.1, 0.15) is 15.9 Å². The van der Waals surface area contributed by atoms with Gasteiger partial charge in [-0.25, -0.2) is 13.2 Å². The van der Waals surface area contributed by atoms with Crippen molar-refractivity contribution in [2.45, 2.75) is 6.54 Å². The van der Waals surface area contributed by atoms with Gasteiger partial charge in [0.15, 0.2) is 0 Å². The van der Waals surface area contributed by atoms with Crippen LogP contribution in [-0.2, 0) is 6.54 Å². The van der Waals surface area contributed by atoms with E-state index in [0.717, 1.165) is 30.3 Å². The van der Waals surface area contributed by atoms with Crippen LogP contribution in [0.2, 0.25) is 0 Å². The molecule has 0 fully saturated rings. The van der Waals surface area contributed by atoms with Crippen molar-refractivity contribution < 1.29 is 18.0 Å². The highest BCUT2D eigenvalue weighted by Crippen LogP contribution is 2.23. The number of nitrogens with two attached hydrogens (primary N) is 2. The molecule has 0 aliphatic heterocycles. The first-order chi connectivity index (χ1) is 9.88. The van der Waals surface area contributed by atoms with Crippen LogP contribution in [0.5, 0.6) is 0 Å². The Morgan fingerprint density at radius 1 is 1.10 bits per heavy atom. The third-order valence-corrected chi connectivity index (χ3v) is 2.88. The maximum atomic E-state index is 13.7. The Bertz CT molecular complexity index is 704. The second-order valence-electron chi connectivity index (χ2n) is 4.37. The van der Waals surface area contributed by atoms with Gasteiger partial charge >= 0.3 is 0 Å². The molecule has 0 spiro atoms. The molecule has 0 bridgehead atoms. The minimum atomic E-state index is -0.813. The third kappa shape index (κ3) is 3.25. The predicted molar refractivity (Wildman–Crippen MR) is 73.0 cm³/mol. The van der Waals surface area contributed by atoms with Gasteiger partial charge in [-0.15, -0.1) is 0 Å². The van der Waals surface area contributed by atoms with E-state index < -0.39 is 23.4 Å². The van der Waals surface area contributed by atoms with Gasteiger partial charge in [0.1, 0.15) is 17.5 Å². The number of hydrogen-bond acceptors (Lipinski definition) is 3. The number of halogens is 3. The van der Waals surface area contributed by atoms with Crippen LogP contribution in [0.4, 0.5) is 24.5 Å². The Labute approximate surface area is 118 Å². The van der Waals surface area contributed by atoms with E-state index in [4.69, 9.17) is 11.5 Å². The first-order valence-electron chi connectivity index (χ1n) is 5.95. The van der Waals surface area contributed by atoms with Crippen LogP contribution in [0, 0.1) is 17.5 Å². The largest absolute Gasteiger partial charge is 0.398 e. The highest BCUT2D eigenvalue weighted by atomic mass is 19.1. The summed E-state index contributed by atoms with van der Waals surface area (Å²) in [5.74, 6) is -2.78. The van der Waals surface area contributed by atoms with E-state index in [2.05, 4.69) is 5.32 Å². The molecule has 1 amide bonds. The van der Waals surface area contributed by atoms with E-state index in [9.17, 15) is 18.0 Å². The summed E-state index contributed by atoms with van der Waals surface area (Å²) in [6.07, 6.45) is 0. The fraction of sp³-hybridized carbons (Fsp3) is 0.0714. The molecule has 0 atom stereocenters. The normalized spacial score (nSPS) is 10.4. The van der Waals surface area contributed by atoms with Crippen molar-refractivity contribution in [3.05, 3.63) is 58.9 Å². The molecular formula is C14H12F3N3O. The standard InChI is InChI=1S/C14H12F3N3O/c15-8-1-2-10(16)7(3-8)6-20-13-4-9(14(19)21)12(18)5-11(13)17/h1-5,20H,6,18H2,(H2,19,21). The van der Waals surface area contributed by atoms with E-state index in [1.165, 1.54) is 0 Å². The van der Waals surface area contributed by atoms with E-state index in [1.807, 2.05) is 0 Å². The number of benzene rings is 2. The maximum Gasteiger partial charge on any atom is 0.250 e. The minimum absolute atomic E-state index is 0.0202. The van der Waals surface area contributed by atoms with Crippen LogP contribution in [0.25, 0.3) is 0 Å². The van der Waals surface area contributed by atoms with Crippen LogP contribution in [-0.4, -0.2) is 5.91 Å². The lowest BCUT2D eigenvalue weighted by Gasteiger charge is -2.11. The quantitative estimate of drug-likeness (QED) is 0.758. The number of anilines is 2. The Balaban J connectivity index is 2.25. The molecule has 0 heterocycles. The zero-order valence-electron chi connectivity index (χ0n) is 10.8. The fourth-order valence-corrected chi connectivity index (χ4v) is 1.81. The van der Waals surface area contributed by atoms with Crippen molar-refractivity contribution in [2.24, 2.45) is 5.73 Å². The van der Waals surface area contributed by atoms with Crippen LogP contribution in [0.15, 0.2) is 30.3 Å². The Morgan fingerprint density at radius 2 is 1.81 bits per heavy atom. The van der Waals surface area contributed by atoms with Gasteiger partial charge in [0.05, 0.1) is 11.3 Å². The van der Waals surface area contributed by atoms with Crippen molar-refractivity contribution in [1.29, 1.82) is 0 Å². The smallest absolute Gasteiger partial charge is 0.250 e. The summed E-state index contributed by atoms with van der Waals surface area (Å²) >= 11 is 0. The van der Waals surface area contributed by atoms with Crippen LogP contribution < -0.4 is 16.8 Å². The van der Waals surface area contributed by atoms with Crippen LogP contribution in [0.3, 0.4) is 0 Å². The second-order valence-corrected chi connectivity index (χ2v) is 4.37. The van der Waals surface area contributed by atoms with Gasteiger partial charge in [0.25, 0.3) is 5.91 Å². The number of hydrogen-bond donors (Lipinski definition) is 3. The lowest BCUT2D eigenvalue weighted by atomic mass is 10.1. The maximum absolute atomic E-state index is 13.7. The van der Waals surface area contributed by atoms with Crippen molar-refractivity contribution in [1.82, 2.24) is 0 Å². The molecule has 0 aliphatic rings. The molecule has 21 heavy (non-hydrogen) atoms. The Kier molecular flexibility index (Phi) is 4.02. The third-order valence-electron chi connectivity index (χ3n) is 2.88. The lowest BCUT2D eigenvalue weighted by molar-refractivity contribution is 0.100. The summed E-state index contributed by atoms with van der Waals surface area (Å²) < 4.78 is 40.2. The number of primary amides is 1. The highest BCUT2D eigenvalue weighted by molar-refractivity contribution is 5.99. The average Bonchev–Trinajstić information content (AvgIpc) is 2.41. The number of carbonyl (C=O) groups is 1. The Hall–Kier alpha value is -2.70. The summed E-state index contributed by atoms with van der Waals surface area (Å²) in [6, 6.07) is 5.01. The summed E-state index contributed by atoms with van der Waals surface area (Å²) in [5, 5.41) is 2.57. The van der Waals surface area contributed by atoms with Gasteiger partial charge in [-0.05, 0) is 30.3 Å². The zero-order valence-corrected chi connectivity index (χ0v) is 10.8. The van der Waals surface area contributed by atoms with Crippen molar-refractivity contribution in [3.8, 4) is 0 Å². The van der Waals surface area contributed by atoms with Gasteiger partial charge in [-0.1, -0.05) is 0 Å². The first kappa shape index (κ1) is 14.7. The van der Waals surface area contributed by atoms with Crippen molar-refractivity contribution >= 4 is 17.3 Å². The van der Waals surface area contributed by atoms with E-state index in [-0.39, 0.29) is 29.0 Å². The topological polar surface area (TPSA) is 81.1 Å². The van der Waals surface area contributed by atoms with Crippen LogP contribution >= 0.6 is 0 Å². The second kappa shape index (κ2) is 5.74. The number of carbonyl (C=O) groups excluding carboxylic acids is 1. The molecular weight excluding hydrogens is 283 g/mol. The van der Waals surface area contributed by atoms with Gasteiger partial charge < -0.3 is 16.8 Å². The molecule has 0 saturated heterocycles. The Morgan fingerprint density at radius 3 is 2.48 bits per heavy atom. The molecule has 4 nitrogen and oxygen atoms in total. The summed E-state index contributed by atoms with van der Waals surface area (Å²) in [4.78, 5) is 11.1. The number of amides is 1. The zero-order chi connectivity index (χ0) is 15.6. The number of rotatable bonds is 4. The first-order valence-corrected chi connectivity index (χ1v) is 5.95. The number of nitrogen functional groups attached to an aromatic ring is 1. The summed E-state index contributed by atoms with van der Waals surface area (Å²) in [5.41, 5.74) is 10.4. The number of nitrogens with one attached hydrogen (secondary N) is 1. The molecule has 2 rings (SSSR count). The monoisotopic (exact) mass is 295 g/mol. The molecule has 110 valence electrons. The molecule has 0 aromatic heterocycles. The molecule has 0 unspecified atom stereocenters. The molecule has 5 N–H and O–H groups in total. The van der Waals surface area contributed by atoms with Gasteiger partial charge in [-0.3, -0.25) is 4.79 Å². The molecule has 2 aromatic rings. The SMILES string of the molecule is NC(=O)c1cc(NCc2cc(F)ccc2F)c(F)cc1N. The van der Waals surface area contributed by atoms with E-state index >= 15 is 0 Å². The lowest BCUT2D eigenvalue weighted by Crippen LogP contribution is -2.15.